The van der Waals surface area contributed by atoms with E-state index >= 15 is 0 Å². The van der Waals surface area contributed by atoms with Crippen LogP contribution in [0.5, 0.6) is 0 Å². The van der Waals surface area contributed by atoms with Crippen LogP contribution in [0.25, 0.3) is 28.5 Å². The van der Waals surface area contributed by atoms with Crippen molar-refractivity contribution in [3.8, 4) is 11.3 Å². The van der Waals surface area contributed by atoms with Gasteiger partial charge in [-0.3, -0.25) is 4.79 Å². The third-order valence-corrected chi connectivity index (χ3v) is 7.34. The lowest BCUT2D eigenvalue weighted by Gasteiger charge is -2.20. The van der Waals surface area contributed by atoms with Crippen molar-refractivity contribution in [1.82, 2.24) is 19.9 Å². The number of fused-ring (bicyclic) bond motifs is 2. The second-order valence-electron chi connectivity index (χ2n) is 11.0. The summed E-state index contributed by atoms with van der Waals surface area (Å²) in [5, 5.41) is 3.06. The predicted octanol–water partition coefficient (Wildman–Crippen LogP) is 5.51. The highest BCUT2D eigenvalue weighted by Gasteiger charge is 2.23. The first-order valence-corrected chi connectivity index (χ1v) is 15.3. The maximum Gasteiger partial charge on any atom is 0.255 e. The maximum absolute atomic E-state index is 13.1. The molecule has 0 bridgehead atoms. The molecule has 6 nitrogen and oxygen atoms in total. The Bertz CT molecular complexity index is 1220. The van der Waals surface area contributed by atoms with Gasteiger partial charge in [0.05, 0.1) is 17.5 Å². The van der Waals surface area contributed by atoms with Crippen LogP contribution >= 0.6 is 0 Å². The summed E-state index contributed by atoms with van der Waals surface area (Å²) in [6, 6.07) is 7.32. The fourth-order valence-corrected chi connectivity index (χ4v) is 4.68. The molecule has 4 rings (SSSR count). The molecule has 1 amide bonds. The Labute approximate surface area is 197 Å². The van der Waals surface area contributed by atoms with Gasteiger partial charge in [-0.2, -0.15) is 0 Å². The highest BCUT2D eigenvalue weighted by atomic mass is 28.3. The topological polar surface area (TPSA) is 69.0 Å². The number of ether oxygens (including phenoxy) is 1. The standard InChI is InChI=1S/C26H34N4O2Si/c1-26(2,3)29-25(31)21-16-30(17-32-13-14-33(4,5)6)24-23(21)28-22(15-27-24)20-12-8-10-18-9-7-11-19(18)20/h7-10,12,15-16H,11,13-14,17H2,1-6H3,(H,29,31). The summed E-state index contributed by atoms with van der Waals surface area (Å²) < 4.78 is 7.86. The van der Waals surface area contributed by atoms with Crippen molar-refractivity contribution in [2.24, 2.45) is 0 Å². The molecule has 2 heterocycles. The maximum atomic E-state index is 13.1. The summed E-state index contributed by atoms with van der Waals surface area (Å²) in [6.07, 6.45) is 8.81. The second kappa shape index (κ2) is 8.87. The molecule has 0 unspecified atom stereocenters. The number of carbonyl (C=O) groups excluding carboxylic acids is 1. The molecule has 1 aliphatic rings. The number of hydrogen-bond donors (Lipinski definition) is 1. The zero-order valence-corrected chi connectivity index (χ0v) is 21.5. The molecule has 0 saturated carbocycles. The van der Waals surface area contributed by atoms with Crippen LogP contribution in [0.1, 0.15) is 42.3 Å². The van der Waals surface area contributed by atoms with E-state index in [4.69, 9.17) is 14.7 Å². The van der Waals surface area contributed by atoms with Gasteiger partial charge in [0.25, 0.3) is 5.91 Å². The van der Waals surface area contributed by atoms with Crippen LogP contribution in [-0.4, -0.2) is 40.7 Å². The van der Waals surface area contributed by atoms with E-state index in [1.807, 2.05) is 37.6 Å². The van der Waals surface area contributed by atoms with E-state index in [2.05, 4.69) is 49.2 Å². The molecule has 0 spiro atoms. The summed E-state index contributed by atoms with van der Waals surface area (Å²) in [5.41, 5.74) is 5.75. The van der Waals surface area contributed by atoms with Gasteiger partial charge in [-0.05, 0) is 44.4 Å². The van der Waals surface area contributed by atoms with Gasteiger partial charge in [0.2, 0.25) is 0 Å². The first-order chi connectivity index (χ1) is 15.5. The highest BCUT2D eigenvalue weighted by molar-refractivity contribution is 6.76. The molecule has 1 aliphatic carbocycles. The number of aromatic nitrogens is 3. The van der Waals surface area contributed by atoms with Crippen LogP contribution in [0.2, 0.25) is 25.7 Å². The third kappa shape index (κ3) is 5.42. The van der Waals surface area contributed by atoms with Crippen molar-refractivity contribution in [3.05, 3.63) is 53.4 Å². The van der Waals surface area contributed by atoms with Gasteiger partial charge in [0.1, 0.15) is 12.2 Å². The largest absolute Gasteiger partial charge is 0.361 e. The predicted molar refractivity (Wildman–Crippen MR) is 137 cm³/mol. The molecule has 3 aromatic rings. The van der Waals surface area contributed by atoms with E-state index < -0.39 is 8.07 Å². The summed E-state index contributed by atoms with van der Waals surface area (Å²) in [4.78, 5) is 22.8. The highest BCUT2D eigenvalue weighted by Crippen LogP contribution is 2.31. The Balaban J connectivity index is 1.71. The quantitative estimate of drug-likeness (QED) is 0.371. The van der Waals surface area contributed by atoms with E-state index in [1.165, 1.54) is 11.1 Å². The lowest BCUT2D eigenvalue weighted by Crippen LogP contribution is -2.40. The number of nitrogens with one attached hydrogen (secondary N) is 1. The lowest BCUT2D eigenvalue weighted by molar-refractivity contribution is 0.0886. The minimum Gasteiger partial charge on any atom is -0.361 e. The van der Waals surface area contributed by atoms with Crippen molar-refractivity contribution < 1.29 is 9.53 Å². The fourth-order valence-electron chi connectivity index (χ4n) is 3.93. The Morgan fingerprint density at radius 2 is 2.03 bits per heavy atom. The molecule has 1 aromatic carbocycles. The molecule has 2 aromatic heterocycles. The molecule has 174 valence electrons. The minimum absolute atomic E-state index is 0.153. The second-order valence-corrected chi connectivity index (χ2v) is 16.6. The molecule has 7 heteroatoms. The smallest absolute Gasteiger partial charge is 0.255 e. The van der Waals surface area contributed by atoms with Gasteiger partial charge in [-0.15, -0.1) is 0 Å². The Hall–Kier alpha value is -2.77. The monoisotopic (exact) mass is 462 g/mol. The van der Waals surface area contributed by atoms with Gasteiger partial charge < -0.3 is 14.6 Å². The van der Waals surface area contributed by atoms with Crippen molar-refractivity contribution in [1.29, 1.82) is 0 Å². The zero-order chi connectivity index (χ0) is 23.8. The van der Waals surface area contributed by atoms with Crippen molar-refractivity contribution in [2.75, 3.05) is 6.61 Å². The van der Waals surface area contributed by atoms with Gasteiger partial charge >= 0.3 is 0 Å². The van der Waals surface area contributed by atoms with Crippen molar-refractivity contribution in [2.45, 2.75) is 65.1 Å². The summed E-state index contributed by atoms with van der Waals surface area (Å²) in [5.74, 6) is -0.153. The first kappa shape index (κ1) is 23.4. The number of carbonyl (C=O) groups is 1. The Morgan fingerprint density at radius 3 is 2.76 bits per heavy atom. The SMILES string of the molecule is CC(C)(C)NC(=O)c1cn(COCC[Si](C)(C)C)c2ncc(-c3cccc4c3CC=C4)nc12. The average molecular weight is 463 g/mol. The van der Waals surface area contributed by atoms with Crippen LogP contribution in [0.4, 0.5) is 0 Å². The number of benzene rings is 1. The van der Waals surface area contributed by atoms with Crippen LogP contribution in [0.15, 0.2) is 36.7 Å². The summed E-state index contributed by atoms with van der Waals surface area (Å²) in [6.45, 7) is 14.0. The molecule has 1 N–H and O–H groups in total. The zero-order valence-electron chi connectivity index (χ0n) is 20.5. The van der Waals surface area contributed by atoms with E-state index in [-0.39, 0.29) is 11.4 Å². The number of nitrogens with zero attached hydrogens (tertiary/aromatic N) is 3. The average Bonchev–Trinajstić information content (AvgIpc) is 3.33. The van der Waals surface area contributed by atoms with Crippen LogP contribution in [-0.2, 0) is 17.9 Å². The van der Waals surface area contributed by atoms with E-state index in [0.29, 0.717) is 30.1 Å². The summed E-state index contributed by atoms with van der Waals surface area (Å²) >= 11 is 0. The third-order valence-electron chi connectivity index (χ3n) is 5.63. The molecule has 0 saturated heterocycles. The number of rotatable bonds is 7. The normalized spacial score (nSPS) is 13.5. The molecule has 0 aliphatic heterocycles. The lowest BCUT2D eigenvalue weighted by atomic mass is 10.0. The van der Waals surface area contributed by atoms with E-state index in [1.54, 1.807) is 6.20 Å². The van der Waals surface area contributed by atoms with Gasteiger partial charge in [-0.25, -0.2) is 9.97 Å². The van der Waals surface area contributed by atoms with Crippen molar-refractivity contribution >= 4 is 31.2 Å². The molecular formula is C26H34N4O2Si. The minimum atomic E-state index is -1.17. The van der Waals surface area contributed by atoms with Crippen LogP contribution in [0, 0.1) is 0 Å². The Morgan fingerprint density at radius 1 is 1.24 bits per heavy atom. The summed E-state index contributed by atoms with van der Waals surface area (Å²) in [7, 11) is -1.17. The van der Waals surface area contributed by atoms with Crippen LogP contribution < -0.4 is 5.32 Å². The first-order valence-electron chi connectivity index (χ1n) is 11.6. The number of amides is 1. The van der Waals surface area contributed by atoms with Crippen LogP contribution in [0.3, 0.4) is 0 Å². The van der Waals surface area contributed by atoms with Gasteiger partial charge in [0, 0.05) is 32.0 Å². The van der Waals surface area contributed by atoms with Gasteiger partial charge in [0.15, 0.2) is 5.65 Å². The fraction of sp³-hybridized carbons (Fsp3) is 0.423. The molecule has 33 heavy (non-hydrogen) atoms. The van der Waals surface area contributed by atoms with Gasteiger partial charge in [-0.1, -0.05) is 50.0 Å². The molecular weight excluding hydrogens is 428 g/mol. The van der Waals surface area contributed by atoms with E-state index in [9.17, 15) is 4.79 Å². The van der Waals surface area contributed by atoms with Crippen molar-refractivity contribution in [3.63, 3.8) is 0 Å². The number of allylic oxidation sites excluding steroid dienone is 1. The van der Waals surface area contributed by atoms with E-state index in [0.717, 1.165) is 23.7 Å². The molecule has 0 fully saturated rings. The molecule has 0 atom stereocenters. The number of hydrogen-bond acceptors (Lipinski definition) is 4. The molecule has 0 radical (unpaired) electrons. The Kier molecular flexibility index (Phi) is 6.29.